The third-order valence-electron chi connectivity index (χ3n) is 3.77. The van der Waals surface area contributed by atoms with Gasteiger partial charge in [-0.2, -0.15) is 0 Å². The number of anilines is 1. The van der Waals surface area contributed by atoms with Crippen LogP contribution in [0, 0.1) is 6.92 Å². The summed E-state index contributed by atoms with van der Waals surface area (Å²) >= 11 is 5.98. The fraction of sp³-hybridized carbons (Fsp3) is 0.211. The van der Waals surface area contributed by atoms with E-state index < -0.39 is 11.9 Å². The molecular weight excluding hydrogens is 354 g/mol. The Hall–Kier alpha value is -2.86. The first-order valence-electron chi connectivity index (χ1n) is 7.99. The van der Waals surface area contributed by atoms with Crippen LogP contribution in [-0.4, -0.2) is 17.7 Å². The van der Waals surface area contributed by atoms with Crippen LogP contribution in [0.5, 0.6) is 0 Å². The number of halogens is 1. The molecule has 1 unspecified atom stereocenters. The lowest BCUT2D eigenvalue weighted by Gasteiger charge is -2.18. The van der Waals surface area contributed by atoms with Gasteiger partial charge < -0.3 is 16.4 Å². The highest BCUT2D eigenvalue weighted by molar-refractivity contribution is 6.34. The zero-order valence-electron chi connectivity index (χ0n) is 14.5. The first kappa shape index (κ1) is 19.5. The molecule has 0 radical (unpaired) electrons. The molecule has 0 aromatic heterocycles. The predicted molar refractivity (Wildman–Crippen MR) is 101 cm³/mol. The van der Waals surface area contributed by atoms with Crippen LogP contribution in [0.1, 0.15) is 40.9 Å². The number of nitrogens with two attached hydrogens (primary N) is 1. The maximum Gasteiger partial charge on any atom is 0.250 e. The van der Waals surface area contributed by atoms with Gasteiger partial charge in [-0.05, 0) is 30.7 Å². The van der Waals surface area contributed by atoms with Crippen molar-refractivity contribution < 1.29 is 14.4 Å². The van der Waals surface area contributed by atoms with Crippen molar-refractivity contribution in [2.75, 3.05) is 5.32 Å². The first-order valence-corrected chi connectivity index (χ1v) is 8.37. The highest BCUT2D eigenvalue weighted by Crippen LogP contribution is 2.22. The maximum absolute atomic E-state index is 12.4. The van der Waals surface area contributed by atoms with Crippen LogP contribution in [0.3, 0.4) is 0 Å². The minimum atomic E-state index is -0.641. The molecule has 0 bridgehead atoms. The third-order valence-corrected chi connectivity index (χ3v) is 4.08. The molecule has 2 aromatic rings. The van der Waals surface area contributed by atoms with Crippen LogP contribution in [0.2, 0.25) is 5.02 Å². The fourth-order valence-electron chi connectivity index (χ4n) is 2.49. The van der Waals surface area contributed by atoms with Crippen LogP contribution in [0.15, 0.2) is 42.5 Å². The molecule has 0 heterocycles. The number of benzene rings is 2. The van der Waals surface area contributed by atoms with Crippen molar-refractivity contribution in [3.63, 3.8) is 0 Å². The summed E-state index contributed by atoms with van der Waals surface area (Å²) in [6.07, 6.45) is 0.0534. The molecule has 7 heteroatoms. The summed E-state index contributed by atoms with van der Waals surface area (Å²) in [4.78, 5) is 35.0. The standard InChI is InChI=1S/C19H20ClN3O3/c1-11-3-5-13(6-4-11)17(22-12(2)24)10-18(25)23-14-7-8-15(19(21)26)16(20)9-14/h3-9,17H,10H2,1-2H3,(H2,21,26)(H,22,24)(H,23,25). The van der Waals surface area contributed by atoms with E-state index in [1.54, 1.807) is 6.07 Å². The van der Waals surface area contributed by atoms with Crippen molar-refractivity contribution in [1.29, 1.82) is 0 Å². The highest BCUT2D eigenvalue weighted by atomic mass is 35.5. The topological polar surface area (TPSA) is 101 Å². The molecule has 136 valence electrons. The molecule has 0 aliphatic heterocycles. The minimum absolute atomic E-state index is 0.0534. The molecule has 0 spiro atoms. The van der Waals surface area contributed by atoms with E-state index in [0.29, 0.717) is 5.69 Å². The van der Waals surface area contributed by atoms with E-state index >= 15 is 0 Å². The van der Waals surface area contributed by atoms with E-state index in [2.05, 4.69) is 10.6 Å². The summed E-state index contributed by atoms with van der Waals surface area (Å²) in [6.45, 7) is 3.37. The van der Waals surface area contributed by atoms with Gasteiger partial charge in [0.05, 0.1) is 23.0 Å². The van der Waals surface area contributed by atoms with Gasteiger partial charge in [0, 0.05) is 12.6 Å². The second kappa shape index (κ2) is 8.49. The highest BCUT2D eigenvalue weighted by Gasteiger charge is 2.17. The molecule has 0 aliphatic carbocycles. The van der Waals surface area contributed by atoms with Crippen LogP contribution in [-0.2, 0) is 9.59 Å². The Morgan fingerprint density at radius 2 is 1.77 bits per heavy atom. The average molecular weight is 374 g/mol. The molecular formula is C19H20ClN3O3. The van der Waals surface area contributed by atoms with E-state index in [4.69, 9.17) is 17.3 Å². The lowest BCUT2D eigenvalue weighted by atomic mass is 10.0. The van der Waals surface area contributed by atoms with Gasteiger partial charge in [0.15, 0.2) is 0 Å². The number of aryl methyl sites for hydroxylation is 1. The van der Waals surface area contributed by atoms with Gasteiger partial charge in [-0.1, -0.05) is 41.4 Å². The molecule has 3 amide bonds. The summed E-state index contributed by atoms with van der Waals surface area (Å²) in [6, 6.07) is 11.6. The molecule has 4 N–H and O–H groups in total. The second-order valence-electron chi connectivity index (χ2n) is 5.97. The van der Waals surface area contributed by atoms with Crippen molar-refractivity contribution in [2.24, 2.45) is 5.73 Å². The van der Waals surface area contributed by atoms with Crippen molar-refractivity contribution >= 4 is 35.0 Å². The van der Waals surface area contributed by atoms with Gasteiger partial charge in [0.2, 0.25) is 17.7 Å². The van der Waals surface area contributed by atoms with Gasteiger partial charge in [0.1, 0.15) is 0 Å². The number of carbonyl (C=O) groups excluding carboxylic acids is 3. The zero-order chi connectivity index (χ0) is 19.3. The number of amides is 3. The first-order chi connectivity index (χ1) is 12.3. The number of hydrogen-bond acceptors (Lipinski definition) is 3. The molecule has 1 atom stereocenters. The van der Waals surface area contributed by atoms with Crippen LogP contribution in [0.4, 0.5) is 5.69 Å². The fourth-order valence-corrected chi connectivity index (χ4v) is 2.76. The van der Waals surface area contributed by atoms with Crippen molar-refractivity contribution in [2.45, 2.75) is 26.3 Å². The SMILES string of the molecule is CC(=O)NC(CC(=O)Nc1ccc(C(N)=O)c(Cl)c1)c1ccc(C)cc1. The predicted octanol–water partition coefficient (Wildman–Crippen LogP) is 2.95. The number of hydrogen-bond donors (Lipinski definition) is 3. The van der Waals surface area contributed by atoms with Crippen molar-refractivity contribution in [3.05, 3.63) is 64.2 Å². The van der Waals surface area contributed by atoms with E-state index in [1.807, 2.05) is 31.2 Å². The molecule has 26 heavy (non-hydrogen) atoms. The average Bonchev–Trinajstić information content (AvgIpc) is 2.54. The van der Waals surface area contributed by atoms with Gasteiger partial charge in [-0.25, -0.2) is 0 Å². The van der Waals surface area contributed by atoms with E-state index in [9.17, 15) is 14.4 Å². The molecule has 0 fully saturated rings. The van der Waals surface area contributed by atoms with Gasteiger partial charge in [0.25, 0.3) is 0 Å². The number of carbonyl (C=O) groups is 3. The number of primary amides is 1. The van der Waals surface area contributed by atoms with E-state index in [-0.39, 0.29) is 28.8 Å². The number of nitrogens with one attached hydrogen (secondary N) is 2. The Bertz CT molecular complexity index is 834. The summed E-state index contributed by atoms with van der Waals surface area (Å²) in [7, 11) is 0. The van der Waals surface area contributed by atoms with Gasteiger partial charge >= 0.3 is 0 Å². The Morgan fingerprint density at radius 1 is 1.12 bits per heavy atom. The molecule has 0 saturated heterocycles. The van der Waals surface area contributed by atoms with E-state index in [1.165, 1.54) is 19.1 Å². The van der Waals surface area contributed by atoms with E-state index in [0.717, 1.165) is 11.1 Å². The zero-order valence-corrected chi connectivity index (χ0v) is 15.3. The summed E-state index contributed by atoms with van der Waals surface area (Å²) in [5, 5.41) is 5.65. The molecule has 2 aromatic carbocycles. The molecule has 6 nitrogen and oxygen atoms in total. The molecule has 0 saturated carbocycles. The Morgan fingerprint density at radius 3 is 2.31 bits per heavy atom. The normalized spacial score (nSPS) is 11.5. The Balaban J connectivity index is 2.11. The van der Waals surface area contributed by atoms with Crippen LogP contribution in [0.25, 0.3) is 0 Å². The monoisotopic (exact) mass is 373 g/mol. The lowest BCUT2D eigenvalue weighted by Crippen LogP contribution is -2.29. The number of rotatable bonds is 6. The van der Waals surface area contributed by atoms with Crippen LogP contribution >= 0.6 is 11.6 Å². The second-order valence-corrected chi connectivity index (χ2v) is 6.38. The summed E-state index contributed by atoms with van der Waals surface area (Å²) in [5.41, 5.74) is 7.75. The minimum Gasteiger partial charge on any atom is -0.366 e. The molecule has 2 rings (SSSR count). The van der Waals surface area contributed by atoms with Crippen molar-refractivity contribution in [1.82, 2.24) is 5.32 Å². The molecule has 0 aliphatic rings. The lowest BCUT2D eigenvalue weighted by molar-refractivity contribution is -0.120. The third kappa shape index (κ3) is 5.32. The van der Waals surface area contributed by atoms with Gasteiger partial charge in [-0.15, -0.1) is 0 Å². The quantitative estimate of drug-likeness (QED) is 0.725. The van der Waals surface area contributed by atoms with Crippen LogP contribution < -0.4 is 16.4 Å². The largest absolute Gasteiger partial charge is 0.366 e. The summed E-state index contributed by atoms with van der Waals surface area (Å²) in [5.74, 6) is -1.16. The maximum atomic E-state index is 12.4. The van der Waals surface area contributed by atoms with Crippen molar-refractivity contribution in [3.8, 4) is 0 Å². The smallest absolute Gasteiger partial charge is 0.250 e. The summed E-state index contributed by atoms with van der Waals surface area (Å²) < 4.78 is 0. The van der Waals surface area contributed by atoms with Gasteiger partial charge in [-0.3, -0.25) is 14.4 Å². The Labute approximate surface area is 156 Å². The Kier molecular flexibility index (Phi) is 6.36.